The van der Waals surface area contributed by atoms with Gasteiger partial charge in [-0.3, -0.25) is 4.79 Å². The third-order valence-electron chi connectivity index (χ3n) is 0.864. The fourth-order valence-electron chi connectivity index (χ4n) is 0.510. The summed E-state index contributed by atoms with van der Waals surface area (Å²) in [5.41, 5.74) is 0. The quantitative estimate of drug-likeness (QED) is 0.528. The predicted octanol–water partition coefficient (Wildman–Crippen LogP) is 1.11. The highest BCUT2D eigenvalue weighted by Gasteiger charge is 1.94. The van der Waals surface area contributed by atoms with Crippen LogP contribution in [0.3, 0.4) is 0 Å². The summed E-state index contributed by atoms with van der Waals surface area (Å²) in [5.74, 6) is 0. The molecule has 0 aromatic rings. The Bertz CT molecular complexity index is 55.6. The van der Waals surface area contributed by atoms with Crippen molar-refractivity contribution >= 4 is 18.3 Å². The maximum atomic E-state index is 8.82. The number of carbonyl (C=O) groups excluding carboxylic acids is 1. The molecule has 0 aromatic carbocycles. The summed E-state index contributed by atoms with van der Waals surface area (Å²) < 4.78 is 8.28. The number of hydrogen-bond acceptors (Lipinski definition) is 3. The van der Waals surface area contributed by atoms with Crippen LogP contribution in [-0.2, 0) is 13.8 Å². The number of rotatable bonds is 1. The van der Waals surface area contributed by atoms with Crippen LogP contribution in [0, 0.1) is 0 Å². The highest BCUT2D eigenvalue weighted by Crippen LogP contribution is 1.98. The molecule has 0 aromatic heterocycles. The van der Waals surface area contributed by atoms with Gasteiger partial charge in [-0.05, 0) is 12.8 Å². The molecular formula is C5H9ClO3. The van der Waals surface area contributed by atoms with Crippen molar-refractivity contribution < 1.29 is 13.8 Å². The van der Waals surface area contributed by atoms with Gasteiger partial charge in [0.15, 0.2) is 0 Å². The van der Waals surface area contributed by atoms with Gasteiger partial charge in [0.25, 0.3) is 0 Å². The van der Waals surface area contributed by atoms with Gasteiger partial charge in [-0.15, -0.1) is 0 Å². The van der Waals surface area contributed by atoms with Gasteiger partial charge in [-0.2, -0.15) is 0 Å². The molecule has 1 fully saturated rings. The van der Waals surface area contributed by atoms with Crippen LogP contribution in [0.4, 0.5) is 0 Å². The fourth-order valence-corrected chi connectivity index (χ4v) is 0.510. The lowest BCUT2D eigenvalue weighted by atomic mass is 10.4. The van der Waals surface area contributed by atoms with Crippen LogP contribution in [0.15, 0.2) is 0 Å². The fraction of sp³-hybridized carbons (Fsp3) is 0.800. The van der Waals surface area contributed by atoms with E-state index in [0.717, 1.165) is 13.2 Å². The Morgan fingerprint density at radius 3 is 2.00 bits per heavy atom. The first-order valence-electron chi connectivity index (χ1n) is 2.70. The molecule has 1 rings (SSSR count). The number of halogens is 1. The van der Waals surface area contributed by atoms with Crippen LogP contribution in [0.5, 0.6) is 0 Å². The molecule has 1 heterocycles. The first-order chi connectivity index (χ1) is 4.41. The smallest absolute Gasteiger partial charge is 0.312 e. The molecule has 0 saturated carbocycles. The van der Waals surface area contributed by atoms with Crippen LogP contribution in [0.25, 0.3) is 0 Å². The van der Waals surface area contributed by atoms with E-state index in [1.807, 2.05) is 0 Å². The molecule has 4 heteroatoms. The molecule has 0 aliphatic carbocycles. The highest BCUT2D eigenvalue weighted by molar-refractivity contribution is 6.10. The topological polar surface area (TPSA) is 35.5 Å². The molecule has 0 bridgehead atoms. The van der Waals surface area contributed by atoms with Gasteiger partial charge >= 0.3 is 6.47 Å². The SMILES string of the molecule is C1CCOC1.O=COCl. The normalized spacial score (nSPS) is 15.7. The van der Waals surface area contributed by atoms with Crippen molar-refractivity contribution in [3.63, 3.8) is 0 Å². The molecule has 54 valence electrons. The molecule has 0 radical (unpaired) electrons. The molecule has 0 atom stereocenters. The molecule has 0 N–H and O–H groups in total. The minimum atomic E-state index is 0.140. The third-order valence-corrected chi connectivity index (χ3v) is 0.936. The van der Waals surface area contributed by atoms with Crippen molar-refractivity contribution in [3.05, 3.63) is 0 Å². The van der Waals surface area contributed by atoms with Gasteiger partial charge in [0.2, 0.25) is 0 Å². The van der Waals surface area contributed by atoms with Crippen LogP contribution in [0.1, 0.15) is 12.8 Å². The standard InChI is InChI=1S/C4H8O.CHClO2/c1-2-4-5-3-1;2-4-1-3/h1-4H2;1H. The zero-order valence-electron chi connectivity index (χ0n) is 5.01. The zero-order chi connectivity index (χ0) is 6.95. The van der Waals surface area contributed by atoms with Gasteiger partial charge in [-0.1, -0.05) is 0 Å². The molecule has 1 aliphatic heterocycles. The summed E-state index contributed by atoms with van der Waals surface area (Å²) in [4.78, 5) is 8.82. The number of hydrogen-bond donors (Lipinski definition) is 0. The van der Waals surface area contributed by atoms with E-state index in [9.17, 15) is 0 Å². The maximum absolute atomic E-state index is 8.82. The third kappa shape index (κ3) is 7.72. The minimum absolute atomic E-state index is 0.140. The minimum Gasteiger partial charge on any atom is -0.381 e. The second kappa shape index (κ2) is 7.72. The van der Waals surface area contributed by atoms with E-state index in [4.69, 9.17) is 9.53 Å². The van der Waals surface area contributed by atoms with Crippen LogP contribution in [0.2, 0.25) is 0 Å². The monoisotopic (exact) mass is 152 g/mol. The van der Waals surface area contributed by atoms with Crippen molar-refractivity contribution in [2.45, 2.75) is 12.8 Å². The highest BCUT2D eigenvalue weighted by atomic mass is 35.5. The molecule has 3 nitrogen and oxygen atoms in total. The van der Waals surface area contributed by atoms with Crippen molar-refractivity contribution in [1.82, 2.24) is 0 Å². The number of carbonyl (C=O) groups is 1. The van der Waals surface area contributed by atoms with Gasteiger partial charge in [0.1, 0.15) is 11.9 Å². The van der Waals surface area contributed by atoms with Gasteiger partial charge in [0.05, 0.1) is 0 Å². The average molecular weight is 153 g/mol. The first kappa shape index (κ1) is 8.72. The van der Waals surface area contributed by atoms with E-state index >= 15 is 0 Å². The maximum Gasteiger partial charge on any atom is 0.312 e. The summed E-state index contributed by atoms with van der Waals surface area (Å²) >= 11 is 4.32. The Balaban J connectivity index is 0.000000148. The molecule has 1 saturated heterocycles. The van der Waals surface area contributed by atoms with Gasteiger partial charge in [0, 0.05) is 13.2 Å². The Hall–Kier alpha value is -0.280. The lowest BCUT2D eigenvalue weighted by molar-refractivity contribution is -0.120. The Morgan fingerprint density at radius 2 is 1.89 bits per heavy atom. The van der Waals surface area contributed by atoms with E-state index in [2.05, 4.69) is 16.2 Å². The average Bonchev–Trinajstić information content (AvgIpc) is 2.43. The Labute approximate surface area is 59.1 Å². The first-order valence-corrected chi connectivity index (χ1v) is 3.01. The predicted molar refractivity (Wildman–Crippen MR) is 33.1 cm³/mol. The van der Waals surface area contributed by atoms with E-state index < -0.39 is 0 Å². The van der Waals surface area contributed by atoms with E-state index in [1.54, 1.807) is 0 Å². The lowest BCUT2D eigenvalue weighted by Crippen LogP contribution is -1.74. The number of ether oxygens (including phenoxy) is 1. The van der Waals surface area contributed by atoms with Crippen LogP contribution < -0.4 is 0 Å². The molecule has 0 unspecified atom stereocenters. The van der Waals surface area contributed by atoms with E-state index in [1.165, 1.54) is 12.8 Å². The second-order valence-corrected chi connectivity index (χ2v) is 1.68. The molecule has 0 spiro atoms. The zero-order valence-corrected chi connectivity index (χ0v) is 5.76. The summed E-state index contributed by atoms with van der Waals surface area (Å²) in [6.45, 7) is 2.14. The van der Waals surface area contributed by atoms with E-state index in [-0.39, 0.29) is 6.47 Å². The summed E-state index contributed by atoms with van der Waals surface area (Å²) in [5, 5.41) is 0. The molecule has 1 aliphatic rings. The summed E-state index contributed by atoms with van der Waals surface area (Å²) in [6.07, 6.45) is 2.56. The van der Waals surface area contributed by atoms with E-state index in [0.29, 0.717) is 0 Å². The Morgan fingerprint density at radius 1 is 1.44 bits per heavy atom. The van der Waals surface area contributed by atoms with Gasteiger partial charge < -0.3 is 9.03 Å². The van der Waals surface area contributed by atoms with Crippen molar-refractivity contribution in [2.24, 2.45) is 0 Å². The van der Waals surface area contributed by atoms with Crippen molar-refractivity contribution in [1.29, 1.82) is 0 Å². The largest absolute Gasteiger partial charge is 0.381 e. The van der Waals surface area contributed by atoms with Crippen LogP contribution >= 0.6 is 11.9 Å². The van der Waals surface area contributed by atoms with Gasteiger partial charge in [-0.25, -0.2) is 0 Å². The summed E-state index contributed by atoms with van der Waals surface area (Å²) in [7, 11) is 0. The van der Waals surface area contributed by atoms with Crippen molar-refractivity contribution in [3.8, 4) is 0 Å². The summed E-state index contributed by atoms with van der Waals surface area (Å²) in [6, 6.07) is 0. The molecular weight excluding hydrogens is 144 g/mol. The van der Waals surface area contributed by atoms with Crippen LogP contribution in [-0.4, -0.2) is 19.7 Å². The second-order valence-electron chi connectivity index (χ2n) is 1.50. The molecule has 0 amide bonds. The Kier molecular flexibility index (Phi) is 7.48. The van der Waals surface area contributed by atoms with Crippen molar-refractivity contribution in [2.75, 3.05) is 13.2 Å². The molecule has 9 heavy (non-hydrogen) atoms. The lowest BCUT2D eigenvalue weighted by Gasteiger charge is -1.76.